The lowest BCUT2D eigenvalue weighted by atomic mass is 9.88. The number of likely N-dealkylation sites (tertiary alicyclic amines) is 1. The Morgan fingerprint density at radius 2 is 1.93 bits per heavy atom. The van der Waals surface area contributed by atoms with Crippen molar-refractivity contribution >= 4 is 17.8 Å². The molecule has 3 saturated heterocycles. The van der Waals surface area contributed by atoms with E-state index in [1.54, 1.807) is 9.80 Å². The zero-order valence-corrected chi connectivity index (χ0v) is 15.5. The van der Waals surface area contributed by atoms with Crippen LogP contribution in [0.4, 0.5) is 4.79 Å². The number of morpholine rings is 1. The van der Waals surface area contributed by atoms with Gasteiger partial charge in [-0.15, -0.1) is 0 Å². The van der Waals surface area contributed by atoms with Gasteiger partial charge in [-0.05, 0) is 19.4 Å². The Balaban J connectivity index is 1.57. The van der Waals surface area contributed by atoms with Crippen molar-refractivity contribution in [2.75, 3.05) is 26.2 Å². The molecule has 144 valence electrons. The number of nitrogens with one attached hydrogen (secondary N) is 2. The maximum absolute atomic E-state index is 13.2. The van der Waals surface area contributed by atoms with Gasteiger partial charge in [-0.2, -0.15) is 0 Å². The summed E-state index contributed by atoms with van der Waals surface area (Å²) in [7, 11) is 0. The zero-order chi connectivity index (χ0) is 19.2. The highest BCUT2D eigenvalue weighted by Crippen LogP contribution is 2.35. The molecule has 0 radical (unpaired) electrons. The van der Waals surface area contributed by atoms with E-state index in [2.05, 4.69) is 10.6 Å². The molecule has 4 rings (SSSR count). The highest BCUT2D eigenvalue weighted by atomic mass is 16.5. The molecular formula is C19H24N4O4. The first-order valence-corrected chi connectivity index (χ1v) is 9.23. The largest absolute Gasteiger partial charge is 0.356 e. The third-order valence-corrected chi connectivity index (χ3v) is 5.47. The van der Waals surface area contributed by atoms with Gasteiger partial charge in [0.05, 0.1) is 11.6 Å². The molecule has 3 heterocycles. The molecule has 3 aliphatic heterocycles. The number of urea groups is 1. The first-order chi connectivity index (χ1) is 12.9. The summed E-state index contributed by atoms with van der Waals surface area (Å²) >= 11 is 0. The number of ether oxygens (including phenoxy) is 1. The normalized spacial score (nSPS) is 26.8. The Bertz CT molecular complexity index is 760. The summed E-state index contributed by atoms with van der Waals surface area (Å²) in [5.41, 5.74) is 0.501. The number of hydrogen-bond donors (Lipinski definition) is 2. The summed E-state index contributed by atoms with van der Waals surface area (Å²) in [6.07, 6.45) is -0.755. The van der Waals surface area contributed by atoms with E-state index in [9.17, 15) is 14.4 Å². The van der Waals surface area contributed by atoms with E-state index in [0.29, 0.717) is 19.6 Å². The topological polar surface area (TPSA) is 91.0 Å². The number of benzene rings is 1. The van der Waals surface area contributed by atoms with Gasteiger partial charge in [0.15, 0.2) is 6.10 Å². The molecule has 8 heteroatoms. The molecule has 3 fully saturated rings. The molecule has 0 aliphatic carbocycles. The van der Waals surface area contributed by atoms with Crippen LogP contribution < -0.4 is 10.6 Å². The third-order valence-electron chi connectivity index (χ3n) is 5.47. The molecule has 1 spiro atoms. The fourth-order valence-corrected chi connectivity index (χ4v) is 4.22. The molecule has 27 heavy (non-hydrogen) atoms. The number of carbonyl (C=O) groups is 3. The molecule has 0 bridgehead atoms. The van der Waals surface area contributed by atoms with E-state index in [-0.39, 0.29) is 36.0 Å². The SMILES string of the molecule is CC(C)N1C(=O)CO[C@H](C(=O)N2CC3(CNC(=O)N3)C2)[C@H]1c1ccccc1. The Hall–Kier alpha value is -2.61. The zero-order valence-electron chi connectivity index (χ0n) is 15.5. The standard InChI is InChI=1S/C19H24N4O4/c1-12(2)23-14(24)8-27-16(15(23)13-6-4-3-5-7-13)17(25)22-10-19(11-22)9-20-18(26)21-19/h3-7,12,15-16H,8-11H2,1-2H3,(H2,20,21,26)/t15-,16+/m1/s1. The van der Waals surface area contributed by atoms with Gasteiger partial charge in [0, 0.05) is 25.7 Å². The fraction of sp³-hybridized carbons (Fsp3) is 0.526. The van der Waals surface area contributed by atoms with Crippen LogP contribution in [-0.2, 0) is 14.3 Å². The van der Waals surface area contributed by atoms with Crippen molar-refractivity contribution in [3.63, 3.8) is 0 Å². The van der Waals surface area contributed by atoms with Crippen molar-refractivity contribution in [1.29, 1.82) is 0 Å². The van der Waals surface area contributed by atoms with Crippen molar-refractivity contribution in [1.82, 2.24) is 20.4 Å². The van der Waals surface area contributed by atoms with E-state index < -0.39 is 12.1 Å². The van der Waals surface area contributed by atoms with Crippen molar-refractivity contribution in [3.05, 3.63) is 35.9 Å². The first-order valence-electron chi connectivity index (χ1n) is 9.23. The Morgan fingerprint density at radius 3 is 2.52 bits per heavy atom. The maximum Gasteiger partial charge on any atom is 0.315 e. The van der Waals surface area contributed by atoms with Gasteiger partial charge >= 0.3 is 6.03 Å². The van der Waals surface area contributed by atoms with Gasteiger partial charge in [-0.1, -0.05) is 30.3 Å². The smallest absolute Gasteiger partial charge is 0.315 e. The van der Waals surface area contributed by atoms with Crippen LogP contribution >= 0.6 is 0 Å². The van der Waals surface area contributed by atoms with Crippen LogP contribution in [0.3, 0.4) is 0 Å². The molecule has 2 atom stereocenters. The van der Waals surface area contributed by atoms with Gasteiger partial charge in [0.25, 0.3) is 5.91 Å². The number of amides is 4. The minimum atomic E-state index is -0.755. The summed E-state index contributed by atoms with van der Waals surface area (Å²) in [4.78, 5) is 40.6. The second kappa shape index (κ2) is 6.53. The summed E-state index contributed by atoms with van der Waals surface area (Å²) in [5.74, 6) is -0.260. The summed E-state index contributed by atoms with van der Waals surface area (Å²) < 4.78 is 5.74. The minimum Gasteiger partial charge on any atom is -0.356 e. The lowest BCUT2D eigenvalue weighted by Crippen LogP contribution is -2.72. The molecule has 3 aliphatic rings. The third kappa shape index (κ3) is 3.03. The summed E-state index contributed by atoms with van der Waals surface area (Å²) in [6.45, 7) is 5.19. The molecule has 1 aromatic rings. The monoisotopic (exact) mass is 372 g/mol. The van der Waals surface area contributed by atoms with Crippen LogP contribution in [0.1, 0.15) is 25.5 Å². The van der Waals surface area contributed by atoms with Crippen LogP contribution in [0, 0.1) is 0 Å². The Kier molecular flexibility index (Phi) is 4.30. The predicted octanol–water partition coefficient (Wildman–Crippen LogP) is 0.257. The molecule has 0 aromatic heterocycles. The van der Waals surface area contributed by atoms with Gasteiger partial charge in [-0.3, -0.25) is 9.59 Å². The molecule has 4 amide bonds. The van der Waals surface area contributed by atoms with E-state index in [4.69, 9.17) is 4.74 Å². The average molecular weight is 372 g/mol. The van der Waals surface area contributed by atoms with E-state index >= 15 is 0 Å². The second-order valence-corrected chi connectivity index (χ2v) is 7.76. The molecule has 0 unspecified atom stereocenters. The molecule has 1 aromatic carbocycles. The van der Waals surface area contributed by atoms with Crippen molar-refractivity contribution in [2.24, 2.45) is 0 Å². The van der Waals surface area contributed by atoms with Crippen LogP contribution in [-0.4, -0.2) is 71.6 Å². The number of carbonyl (C=O) groups excluding carboxylic acids is 3. The van der Waals surface area contributed by atoms with Crippen molar-refractivity contribution in [2.45, 2.75) is 37.6 Å². The van der Waals surface area contributed by atoms with Crippen LogP contribution in [0.15, 0.2) is 30.3 Å². The molecule has 2 N–H and O–H groups in total. The quantitative estimate of drug-likeness (QED) is 0.796. The highest BCUT2D eigenvalue weighted by molar-refractivity contribution is 5.88. The molecule has 8 nitrogen and oxygen atoms in total. The lowest BCUT2D eigenvalue weighted by molar-refractivity contribution is -0.175. The van der Waals surface area contributed by atoms with Gasteiger partial charge in [0.1, 0.15) is 6.61 Å². The van der Waals surface area contributed by atoms with Crippen LogP contribution in [0.2, 0.25) is 0 Å². The minimum absolute atomic E-state index is 0.0528. The average Bonchev–Trinajstić information content (AvgIpc) is 3.02. The Labute approximate surface area is 157 Å². The fourth-order valence-electron chi connectivity index (χ4n) is 4.22. The van der Waals surface area contributed by atoms with Crippen molar-refractivity contribution < 1.29 is 19.1 Å². The number of hydrogen-bond acceptors (Lipinski definition) is 4. The van der Waals surface area contributed by atoms with Crippen LogP contribution in [0.5, 0.6) is 0 Å². The number of nitrogens with zero attached hydrogens (tertiary/aromatic N) is 2. The second-order valence-electron chi connectivity index (χ2n) is 7.76. The van der Waals surface area contributed by atoms with Gasteiger partial charge < -0.3 is 25.2 Å². The van der Waals surface area contributed by atoms with Gasteiger partial charge in [-0.25, -0.2) is 4.79 Å². The number of rotatable bonds is 3. The van der Waals surface area contributed by atoms with Crippen molar-refractivity contribution in [3.8, 4) is 0 Å². The molecular weight excluding hydrogens is 348 g/mol. The van der Waals surface area contributed by atoms with E-state index in [1.807, 2.05) is 44.2 Å². The van der Waals surface area contributed by atoms with E-state index in [1.165, 1.54) is 0 Å². The first kappa shape index (κ1) is 17.8. The van der Waals surface area contributed by atoms with E-state index in [0.717, 1.165) is 5.56 Å². The predicted molar refractivity (Wildman–Crippen MR) is 96.8 cm³/mol. The maximum atomic E-state index is 13.2. The molecule has 0 saturated carbocycles. The summed E-state index contributed by atoms with van der Waals surface area (Å²) in [5, 5.41) is 5.62. The highest BCUT2D eigenvalue weighted by Gasteiger charge is 2.53. The lowest BCUT2D eigenvalue weighted by Gasteiger charge is -2.50. The van der Waals surface area contributed by atoms with Crippen LogP contribution in [0.25, 0.3) is 0 Å². The van der Waals surface area contributed by atoms with Gasteiger partial charge in [0.2, 0.25) is 5.91 Å². The Morgan fingerprint density at radius 1 is 1.22 bits per heavy atom. The summed E-state index contributed by atoms with van der Waals surface area (Å²) in [6, 6.07) is 8.81.